The summed E-state index contributed by atoms with van der Waals surface area (Å²) in [6.07, 6.45) is 3.22. The van der Waals surface area contributed by atoms with Crippen LogP contribution in [0.15, 0.2) is 29.2 Å². The van der Waals surface area contributed by atoms with Gasteiger partial charge in [0, 0.05) is 18.7 Å². The van der Waals surface area contributed by atoms with Crippen LogP contribution < -0.4 is 5.14 Å². The fourth-order valence-corrected chi connectivity index (χ4v) is 2.58. The Labute approximate surface area is 107 Å². The van der Waals surface area contributed by atoms with Crippen molar-refractivity contribution in [2.75, 3.05) is 13.1 Å². The molecule has 1 amide bonds. The summed E-state index contributed by atoms with van der Waals surface area (Å²) in [4.78, 5) is 13.9. The topological polar surface area (TPSA) is 80.5 Å². The minimum Gasteiger partial charge on any atom is -0.339 e. The minimum absolute atomic E-state index is 0.0256. The standard InChI is InChI=1S/C12H16N2O3S/c13-18(16,17)11-6-4-10(5-7-11)12(15)14-8-2-1-3-9-14/h4-7H,1-3,8-9H2,(H2,13,16,17). The molecule has 1 aromatic carbocycles. The number of hydrogen-bond acceptors (Lipinski definition) is 3. The summed E-state index contributed by atoms with van der Waals surface area (Å²) < 4.78 is 22.2. The summed E-state index contributed by atoms with van der Waals surface area (Å²) in [5, 5.41) is 5.00. The van der Waals surface area contributed by atoms with Gasteiger partial charge in [-0.3, -0.25) is 4.79 Å². The predicted molar refractivity (Wildman–Crippen MR) is 67.6 cm³/mol. The SMILES string of the molecule is NS(=O)(=O)c1ccc(C(=O)N2CCCCC2)cc1. The molecule has 2 N–H and O–H groups in total. The van der Waals surface area contributed by atoms with Crippen LogP contribution in [-0.4, -0.2) is 32.3 Å². The quantitative estimate of drug-likeness (QED) is 0.867. The number of amides is 1. The molecular weight excluding hydrogens is 252 g/mol. The minimum atomic E-state index is -3.70. The van der Waals surface area contributed by atoms with E-state index in [0.29, 0.717) is 5.56 Å². The average molecular weight is 268 g/mol. The molecule has 0 aliphatic carbocycles. The van der Waals surface area contributed by atoms with Gasteiger partial charge in [-0.15, -0.1) is 0 Å². The predicted octanol–water partition coefficient (Wildman–Crippen LogP) is 0.960. The average Bonchev–Trinajstić information content (AvgIpc) is 2.38. The zero-order chi connectivity index (χ0) is 13.2. The van der Waals surface area contributed by atoms with Crippen molar-refractivity contribution in [1.29, 1.82) is 0 Å². The number of carbonyl (C=O) groups excluding carboxylic acids is 1. The van der Waals surface area contributed by atoms with Crippen molar-refractivity contribution in [3.8, 4) is 0 Å². The lowest BCUT2D eigenvalue weighted by molar-refractivity contribution is 0.0724. The van der Waals surface area contributed by atoms with E-state index >= 15 is 0 Å². The highest BCUT2D eigenvalue weighted by molar-refractivity contribution is 7.89. The molecular formula is C12H16N2O3S. The Bertz CT molecular complexity index is 531. The molecule has 0 radical (unpaired) electrons. The van der Waals surface area contributed by atoms with Gasteiger partial charge in [0.25, 0.3) is 5.91 Å². The van der Waals surface area contributed by atoms with Crippen LogP contribution in [0.1, 0.15) is 29.6 Å². The first-order valence-electron chi connectivity index (χ1n) is 5.90. The fraction of sp³-hybridized carbons (Fsp3) is 0.417. The molecule has 18 heavy (non-hydrogen) atoms. The molecule has 0 spiro atoms. The zero-order valence-electron chi connectivity index (χ0n) is 10.0. The summed E-state index contributed by atoms with van der Waals surface area (Å²) >= 11 is 0. The van der Waals surface area contributed by atoms with Gasteiger partial charge in [0.05, 0.1) is 4.90 Å². The van der Waals surface area contributed by atoms with Crippen LogP contribution >= 0.6 is 0 Å². The third kappa shape index (κ3) is 2.88. The summed E-state index contributed by atoms with van der Waals surface area (Å²) in [6.45, 7) is 1.55. The maximum absolute atomic E-state index is 12.1. The van der Waals surface area contributed by atoms with Crippen LogP contribution in [0.4, 0.5) is 0 Å². The molecule has 1 saturated heterocycles. The maximum Gasteiger partial charge on any atom is 0.253 e. The first-order chi connectivity index (χ1) is 8.48. The Morgan fingerprint density at radius 2 is 1.61 bits per heavy atom. The van der Waals surface area contributed by atoms with Crippen LogP contribution in [0.2, 0.25) is 0 Å². The normalized spacial score (nSPS) is 16.6. The molecule has 0 bridgehead atoms. The Balaban J connectivity index is 2.16. The molecule has 6 heteroatoms. The number of carbonyl (C=O) groups is 1. The summed E-state index contributed by atoms with van der Waals surface area (Å²) in [5.41, 5.74) is 0.504. The number of likely N-dealkylation sites (tertiary alicyclic amines) is 1. The second-order valence-corrected chi connectivity index (χ2v) is 5.98. The molecule has 1 aliphatic heterocycles. The summed E-state index contributed by atoms with van der Waals surface area (Å²) in [5.74, 6) is -0.0457. The molecule has 5 nitrogen and oxygen atoms in total. The number of nitrogens with two attached hydrogens (primary N) is 1. The highest BCUT2D eigenvalue weighted by Gasteiger charge is 2.18. The largest absolute Gasteiger partial charge is 0.339 e. The first-order valence-corrected chi connectivity index (χ1v) is 7.45. The van der Waals surface area contributed by atoms with E-state index in [1.54, 1.807) is 4.90 Å². The summed E-state index contributed by atoms with van der Waals surface area (Å²) in [7, 11) is -3.70. The number of benzene rings is 1. The Hall–Kier alpha value is -1.40. The van der Waals surface area contributed by atoms with Crippen LogP contribution in [-0.2, 0) is 10.0 Å². The first kappa shape index (κ1) is 13.0. The van der Waals surface area contributed by atoms with Gasteiger partial charge < -0.3 is 4.90 Å². The monoisotopic (exact) mass is 268 g/mol. The molecule has 1 aliphatic rings. The van der Waals surface area contributed by atoms with Gasteiger partial charge in [-0.05, 0) is 43.5 Å². The molecule has 2 rings (SSSR count). The second kappa shape index (κ2) is 5.07. The Morgan fingerprint density at radius 3 is 2.11 bits per heavy atom. The molecule has 0 aromatic heterocycles. The number of rotatable bonds is 2. The van der Waals surface area contributed by atoms with E-state index in [0.717, 1.165) is 32.4 Å². The maximum atomic E-state index is 12.1. The second-order valence-electron chi connectivity index (χ2n) is 4.42. The van der Waals surface area contributed by atoms with Gasteiger partial charge in [0.1, 0.15) is 0 Å². The van der Waals surface area contributed by atoms with Gasteiger partial charge in [-0.25, -0.2) is 13.6 Å². The Kier molecular flexibility index (Phi) is 3.68. The lowest BCUT2D eigenvalue weighted by Gasteiger charge is -2.26. The van der Waals surface area contributed by atoms with E-state index in [4.69, 9.17) is 5.14 Å². The number of nitrogens with zero attached hydrogens (tertiary/aromatic N) is 1. The lowest BCUT2D eigenvalue weighted by Crippen LogP contribution is -2.35. The van der Waals surface area contributed by atoms with Crippen LogP contribution in [0, 0.1) is 0 Å². The highest BCUT2D eigenvalue weighted by Crippen LogP contribution is 2.15. The van der Waals surface area contributed by atoms with Crippen molar-refractivity contribution in [2.45, 2.75) is 24.2 Å². The van der Waals surface area contributed by atoms with Gasteiger partial charge in [0.2, 0.25) is 10.0 Å². The molecule has 0 saturated carbocycles. The van der Waals surface area contributed by atoms with Crippen molar-refractivity contribution >= 4 is 15.9 Å². The van der Waals surface area contributed by atoms with Gasteiger partial charge >= 0.3 is 0 Å². The van der Waals surface area contributed by atoms with Crippen molar-refractivity contribution in [2.24, 2.45) is 5.14 Å². The van der Waals surface area contributed by atoms with E-state index in [9.17, 15) is 13.2 Å². The van der Waals surface area contributed by atoms with Crippen LogP contribution in [0.25, 0.3) is 0 Å². The molecule has 98 valence electrons. The van der Waals surface area contributed by atoms with Crippen molar-refractivity contribution in [3.05, 3.63) is 29.8 Å². The third-order valence-electron chi connectivity index (χ3n) is 3.07. The van der Waals surface area contributed by atoms with Crippen molar-refractivity contribution in [1.82, 2.24) is 4.90 Å². The molecule has 0 atom stereocenters. The molecule has 1 fully saturated rings. The molecule has 0 unspecified atom stereocenters. The van der Waals surface area contributed by atoms with Crippen molar-refractivity contribution < 1.29 is 13.2 Å². The van der Waals surface area contributed by atoms with Crippen molar-refractivity contribution in [3.63, 3.8) is 0 Å². The van der Waals surface area contributed by atoms with Gasteiger partial charge in [-0.1, -0.05) is 0 Å². The van der Waals surface area contributed by atoms with E-state index in [1.165, 1.54) is 24.3 Å². The number of piperidine rings is 1. The van der Waals surface area contributed by atoms with Gasteiger partial charge in [0.15, 0.2) is 0 Å². The van der Waals surface area contributed by atoms with E-state index in [-0.39, 0.29) is 10.8 Å². The number of primary sulfonamides is 1. The number of hydrogen-bond donors (Lipinski definition) is 1. The lowest BCUT2D eigenvalue weighted by atomic mass is 10.1. The van der Waals surface area contributed by atoms with Crippen LogP contribution in [0.3, 0.4) is 0 Å². The van der Waals surface area contributed by atoms with E-state index in [1.807, 2.05) is 0 Å². The van der Waals surface area contributed by atoms with Gasteiger partial charge in [-0.2, -0.15) is 0 Å². The fourth-order valence-electron chi connectivity index (χ4n) is 2.07. The van der Waals surface area contributed by atoms with E-state index < -0.39 is 10.0 Å². The smallest absolute Gasteiger partial charge is 0.253 e. The zero-order valence-corrected chi connectivity index (χ0v) is 10.8. The summed E-state index contributed by atoms with van der Waals surface area (Å²) in [6, 6.07) is 5.76. The van der Waals surface area contributed by atoms with E-state index in [2.05, 4.69) is 0 Å². The van der Waals surface area contributed by atoms with Crippen LogP contribution in [0.5, 0.6) is 0 Å². The molecule has 1 aromatic rings. The number of sulfonamides is 1. The molecule has 1 heterocycles. The highest BCUT2D eigenvalue weighted by atomic mass is 32.2. The third-order valence-corrected chi connectivity index (χ3v) is 4.00. The Morgan fingerprint density at radius 1 is 1.06 bits per heavy atom.